The molecule has 1 unspecified atom stereocenters. The molecule has 5 heteroatoms. The van der Waals surface area contributed by atoms with Crippen molar-refractivity contribution >= 4 is 23.1 Å². The summed E-state index contributed by atoms with van der Waals surface area (Å²) in [6, 6.07) is 0.249. The molecule has 19 heavy (non-hydrogen) atoms. The summed E-state index contributed by atoms with van der Waals surface area (Å²) >= 11 is 5.25. The van der Waals surface area contributed by atoms with Crippen LogP contribution in [0.5, 0.6) is 0 Å². The Balaban J connectivity index is 2.18. The third-order valence-corrected chi connectivity index (χ3v) is 5.07. The second-order valence-electron chi connectivity index (χ2n) is 6.12. The van der Waals surface area contributed by atoms with E-state index >= 15 is 0 Å². The quantitative estimate of drug-likeness (QED) is 0.778. The Morgan fingerprint density at radius 1 is 1.26 bits per heavy atom. The van der Waals surface area contributed by atoms with E-state index in [4.69, 9.17) is 18.0 Å². The van der Waals surface area contributed by atoms with Gasteiger partial charge in [-0.15, -0.1) is 0 Å². The molecule has 2 rings (SSSR count). The fourth-order valence-electron chi connectivity index (χ4n) is 3.44. The minimum absolute atomic E-state index is 0.181. The third-order valence-electron chi connectivity index (χ3n) is 4.68. The van der Waals surface area contributed by atoms with Gasteiger partial charge in [-0.25, -0.2) is 0 Å². The summed E-state index contributed by atoms with van der Waals surface area (Å²) < 4.78 is 0. The average molecular weight is 283 g/mol. The van der Waals surface area contributed by atoms with E-state index < -0.39 is 5.41 Å². The van der Waals surface area contributed by atoms with Crippen LogP contribution >= 0.6 is 12.2 Å². The lowest BCUT2D eigenvalue weighted by molar-refractivity contribution is -0.144. The largest absolute Gasteiger partial charge is 0.392 e. The van der Waals surface area contributed by atoms with E-state index in [0.29, 0.717) is 4.99 Å². The molecular weight excluding hydrogens is 258 g/mol. The van der Waals surface area contributed by atoms with Gasteiger partial charge >= 0.3 is 0 Å². The smallest absolute Gasteiger partial charge is 0.235 e. The number of piperazine rings is 1. The zero-order valence-electron chi connectivity index (χ0n) is 12.0. The number of carbonyl (C=O) groups is 1. The molecule has 1 amide bonds. The first-order valence-corrected chi connectivity index (χ1v) is 7.68. The molecule has 1 saturated heterocycles. The lowest BCUT2D eigenvalue weighted by Gasteiger charge is -2.44. The van der Waals surface area contributed by atoms with E-state index in [0.717, 1.165) is 45.3 Å². The van der Waals surface area contributed by atoms with Crippen LogP contribution in [0, 0.1) is 5.41 Å². The maximum atomic E-state index is 13.0. The van der Waals surface area contributed by atoms with Crippen molar-refractivity contribution in [1.29, 1.82) is 0 Å². The van der Waals surface area contributed by atoms with Gasteiger partial charge in [0.05, 0.1) is 10.4 Å². The van der Waals surface area contributed by atoms with Crippen molar-refractivity contribution in [3.8, 4) is 0 Å². The van der Waals surface area contributed by atoms with Crippen LogP contribution in [-0.2, 0) is 4.79 Å². The standard InChI is InChI=1S/C14H25N3OS/c1-11-10-16(2)8-9-17(11)13(18)14(12(15)19)6-4-3-5-7-14/h11H,3-10H2,1-2H3,(H2,15,19). The number of amides is 1. The number of carbonyl (C=O) groups excluding carboxylic acids is 1. The fraction of sp³-hybridized carbons (Fsp3) is 0.857. The first kappa shape index (κ1) is 14.7. The topological polar surface area (TPSA) is 49.6 Å². The van der Waals surface area contributed by atoms with Crippen LogP contribution in [0.4, 0.5) is 0 Å². The molecule has 0 radical (unpaired) electrons. The minimum Gasteiger partial charge on any atom is -0.392 e. The van der Waals surface area contributed by atoms with Crippen molar-refractivity contribution < 1.29 is 4.79 Å². The van der Waals surface area contributed by atoms with Gasteiger partial charge in [0.1, 0.15) is 0 Å². The van der Waals surface area contributed by atoms with Gasteiger partial charge in [0, 0.05) is 25.7 Å². The van der Waals surface area contributed by atoms with Crippen molar-refractivity contribution in [3.05, 3.63) is 0 Å². The number of nitrogens with zero attached hydrogens (tertiary/aromatic N) is 2. The highest BCUT2D eigenvalue weighted by molar-refractivity contribution is 7.80. The van der Waals surface area contributed by atoms with E-state index in [2.05, 4.69) is 18.9 Å². The highest BCUT2D eigenvalue weighted by Crippen LogP contribution is 2.39. The van der Waals surface area contributed by atoms with E-state index in [1.54, 1.807) is 0 Å². The van der Waals surface area contributed by atoms with E-state index in [-0.39, 0.29) is 11.9 Å². The summed E-state index contributed by atoms with van der Waals surface area (Å²) in [5.41, 5.74) is 5.40. The summed E-state index contributed by atoms with van der Waals surface area (Å²) in [4.78, 5) is 17.7. The second-order valence-corrected chi connectivity index (χ2v) is 6.56. The highest BCUT2D eigenvalue weighted by Gasteiger charge is 2.46. The molecule has 1 aliphatic carbocycles. The predicted molar refractivity (Wildman–Crippen MR) is 81.0 cm³/mol. The van der Waals surface area contributed by atoms with Gasteiger partial charge in [-0.05, 0) is 26.8 Å². The Bertz CT molecular complexity index is 366. The molecule has 1 aliphatic heterocycles. The molecule has 1 heterocycles. The van der Waals surface area contributed by atoms with Crippen LogP contribution in [0.25, 0.3) is 0 Å². The Labute approximate surface area is 121 Å². The molecule has 0 bridgehead atoms. The molecule has 1 saturated carbocycles. The summed E-state index contributed by atoms with van der Waals surface area (Å²) in [7, 11) is 2.10. The van der Waals surface area contributed by atoms with Gasteiger partial charge in [-0.3, -0.25) is 4.79 Å². The van der Waals surface area contributed by atoms with E-state index in [9.17, 15) is 4.79 Å². The molecule has 0 aromatic heterocycles. The van der Waals surface area contributed by atoms with Crippen molar-refractivity contribution in [3.63, 3.8) is 0 Å². The Morgan fingerprint density at radius 3 is 2.42 bits per heavy atom. The van der Waals surface area contributed by atoms with E-state index in [1.807, 2.05) is 4.90 Å². The van der Waals surface area contributed by atoms with Gasteiger partial charge in [-0.1, -0.05) is 31.5 Å². The van der Waals surface area contributed by atoms with Gasteiger partial charge in [0.2, 0.25) is 5.91 Å². The predicted octanol–water partition coefficient (Wildman–Crippen LogP) is 1.39. The molecular formula is C14H25N3OS. The molecule has 108 valence electrons. The van der Waals surface area contributed by atoms with Gasteiger partial charge in [0.25, 0.3) is 0 Å². The van der Waals surface area contributed by atoms with Crippen molar-refractivity contribution in [2.45, 2.75) is 45.1 Å². The van der Waals surface area contributed by atoms with Gasteiger partial charge < -0.3 is 15.5 Å². The summed E-state index contributed by atoms with van der Waals surface area (Å²) in [5.74, 6) is 0.181. The summed E-state index contributed by atoms with van der Waals surface area (Å²) in [5, 5.41) is 0. The van der Waals surface area contributed by atoms with Gasteiger partial charge in [0.15, 0.2) is 0 Å². The van der Waals surface area contributed by atoms with Crippen LogP contribution in [0.3, 0.4) is 0 Å². The monoisotopic (exact) mass is 283 g/mol. The normalized spacial score (nSPS) is 28.1. The Kier molecular flexibility index (Phi) is 4.46. The zero-order chi connectivity index (χ0) is 14.0. The van der Waals surface area contributed by atoms with Crippen LogP contribution < -0.4 is 5.73 Å². The van der Waals surface area contributed by atoms with Crippen molar-refractivity contribution in [2.75, 3.05) is 26.7 Å². The molecule has 0 aromatic carbocycles. The average Bonchev–Trinajstić information content (AvgIpc) is 2.38. The van der Waals surface area contributed by atoms with Crippen LogP contribution in [0.15, 0.2) is 0 Å². The molecule has 0 spiro atoms. The number of thiocarbonyl (C=S) groups is 1. The molecule has 2 fully saturated rings. The van der Waals surface area contributed by atoms with Crippen LogP contribution in [0.2, 0.25) is 0 Å². The van der Waals surface area contributed by atoms with E-state index in [1.165, 1.54) is 6.42 Å². The van der Waals surface area contributed by atoms with Crippen LogP contribution in [-0.4, -0.2) is 53.4 Å². The first-order chi connectivity index (χ1) is 8.97. The summed E-state index contributed by atoms with van der Waals surface area (Å²) in [6.07, 6.45) is 4.98. The number of rotatable bonds is 2. The maximum Gasteiger partial charge on any atom is 0.235 e. The second kappa shape index (κ2) is 5.75. The van der Waals surface area contributed by atoms with Crippen molar-refractivity contribution in [2.24, 2.45) is 11.1 Å². The number of likely N-dealkylation sites (N-methyl/N-ethyl adjacent to an activating group) is 1. The van der Waals surface area contributed by atoms with Gasteiger partial charge in [-0.2, -0.15) is 0 Å². The molecule has 4 nitrogen and oxygen atoms in total. The van der Waals surface area contributed by atoms with Crippen molar-refractivity contribution in [1.82, 2.24) is 9.80 Å². The SMILES string of the molecule is CC1CN(C)CCN1C(=O)C1(C(N)=S)CCCCC1. The Morgan fingerprint density at radius 2 is 1.89 bits per heavy atom. The molecule has 2 N–H and O–H groups in total. The Hall–Kier alpha value is -0.680. The zero-order valence-corrected chi connectivity index (χ0v) is 12.8. The molecule has 1 atom stereocenters. The number of nitrogens with two attached hydrogens (primary N) is 1. The highest BCUT2D eigenvalue weighted by atomic mass is 32.1. The number of hydrogen-bond donors (Lipinski definition) is 1. The molecule has 0 aromatic rings. The summed E-state index contributed by atoms with van der Waals surface area (Å²) in [6.45, 7) is 4.77. The first-order valence-electron chi connectivity index (χ1n) is 7.27. The molecule has 2 aliphatic rings. The minimum atomic E-state index is -0.558. The maximum absolute atomic E-state index is 13.0. The van der Waals surface area contributed by atoms with Crippen LogP contribution in [0.1, 0.15) is 39.0 Å². The number of hydrogen-bond acceptors (Lipinski definition) is 3. The lowest BCUT2D eigenvalue weighted by atomic mass is 9.72. The fourth-order valence-corrected chi connectivity index (χ4v) is 3.73. The third kappa shape index (κ3) is 2.77. The lowest BCUT2D eigenvalue weighted by Crippen LogP contribution is -2.59.